The number of aryl methyl sites for hydroxylation is 1. The molecule has 2 aromatic rings. The highest BCUT2D eigenvalue weighted by molar-refractivity contribution is 6.17. The van der Waals surface area contributed by atoms with E-state index >= 15 is 0 Å². The molecule has 0 radical (unpaired) electrons. The largest absolute Gasteiger partial charge is 0.494 e. The van der Waals surface area contributed by atoms with Crippen molar-refractivity contribution >= 4 is 22.4 Å². The Morgan fingerprint density at radius 1 is 0.700 bits per heavy atom. The Bertz CT molecular complexity index is 713. The lowest BCUT2D eigenvalue weighted by Gasteiger charge is -2.14. The molecule has 0 aromatic heterocycles. The average molecular weight is 433 g/mol. The van der Waals surface area contributed by atoms with Crippen molar-refractivity contribution in [1.29, 1.82) is 0 Å². The molecule has 2 nitrogen and oxygen atoms in total. The molecular formula is C27H41ClO2. The third kappa shape index (κ3) is 8.76. The fraction of sp³-hybridized carbons (Fsp3) is 0.630. The van der Waals surface area contributed by atoms with Gasteiger partial charge in [0.05, 0.1) is 13.2 Å². The van der Waals surface area contributed by atoms with Crippen LogP contribution in [0.5, 0.6) is 11.5 Å². The summed E-state index contributed by atoms with van der Waals surface area (Å²) in [5, 5.41) is 2.52. The lowest BCUT2D eigenvalue weighted by Crippen LogP contribution is -2.01. The van der Waals surface area contributed by atoms with Gasteiger partial charge in [-0.25, -0.2) is 0 Å². The van der Waals surface area contributed by atoms with Gasteiger partial charge in [0.15, 0.2) is 0 Å². The summed E-state index contributed by atoms with van der Waals surface area (Å²) < 4.78 is 12.1. The van der Waals surface area contributed by atoms with E-state index in [2.05, 4.69) is 44.2 Å². The van der Waals surface area contributed by atoms with E-state index in [4.69, 9.17) is 21.1 Å². The minimum absolute atomic E-state index is 0.789. The maximum atomic E-state index is 6.15. The van der Waals surface area contributed by atoms with Crippen LogP contribution in [0.2, 0.25) is 0 Å². The fourth-order valence-corrected chi connectivity index (χ4v) is 4.11. The summed E-state index contributed by atoms with van der Waals surface area (Å²) in [4.78, 5) is 0. The number of halogens is 1. The van der Waals surface area contributed by atoms with Gasteiger partial charge in [-0.1, -0.05) is 77.3 Å². The van der Waals surface area contributed by atoms with Gasteiger partial charge in [-0.05, 0) is 54.7 Å². The second-order valence-electron chi connectivity index (χ2n) is 8.20. The quantitative estimate of drug-likeness (QED) is 0.184. The van der Waals surface area contributed by atoms with Crippen LogP contribution in [0.15, 0.2) is 30.3 Å². The molecule has 0 aliphatic rings. The summed E-state index contributed by atoms with van der Waals surface area (Å²) >= 11 is 5.73. The first-order chi connectivity index (χ1) is 14.8. The van der Waals surface area contributed by atoms with Gasteiger partial charge >= 0.3 is 0 Å². The van der Waals surface area contributed by atoms with E-state index in [1.807, 2.05) is 0 Å². The van der Waals surface area contributed by atoms with Crippen molar-refractivity contribution in [3.8, 4) is 11.5 Å². The van der Waals surface area contributed by atoms with Crippen molar-refractivity contribution < 1.29 is 9.47 Å². The topological polar surface area (TPSA) is 18.5 Å². The van der Waals surface area contributed by atoms with Gasteiger partial charge in [-0.3, -0.25) is 0 Å². The van der Waals surface area contributed by atoms with E-state index in [1.165, 1.54) is 67.7 Å². The smallest absolute Gasteiger partial charge is 0.123 e. The van der Waals surface area contributed by atoms with E-state index in [0.29, 0.717) is 0 Å². The molecule has 0 bridgehead atoms. The van der Waals surface area contributed by atoms with Gasteiger partial charge in [0, 0.05) is 11.4 Å². The number of ether oxygens (including phenoxy) is 2. The van der Waals surface area contributed by atoms with E-state index in [-0.39, 0.29) is 0 Å². The Morgan fingerprint density at radius 3 is 2.07 bits per heavy atom. The molecule has 0 N–H and O–H groups in total. The van der Waals surface area contributed by atoms with Crippen LogP contribution in [0.1, 0.15) is 90.0 Å². The monoisotopic (exact) mass is 432 g/mol. The van der Waals surface area contributed by atoms with Crippen LogP contribution in [0.3, 0.4) is 0 Å². The summed E-state index contributed by atoms with van der Waals surface area (Å²) in [6.45, 7) is 6.06. The normalized spacial score (nSPS) is 11.2. The van der Waals surface area contributed by atoms with E-state index < -0.39 is 0 Å². The summed E-state index contributed by atoms with van der Waals surface area (Å²) in [7, 11) is 0. The lowest BCUT2D eigenvalue weighted by molar-refractivity contribution is 0.302. The molecule has 0 fully saturated rings. The Labute approximate surface area is 189 Å². The second kappa shape index (κ2) is 15.4. The molecule has 3 heteroatoms. The summed E-state index contributed by atoms with van der Waals surface area (Å²) in [6, 6.07) is 10.8. The molecule has 168 valence electrons. The van der Waals surface area contributed by atoms with Crippen molar-refractivity contribution in [2.45, 2.75) is 90.9 Å². The maximum absolute atomic E-state index is 6.15. The Kier molecular flexibility index (Phi) is 12.8. The van der Waals surface area contributed by atoms with Crippen molar-refractivity contribution in [3.05, 3.63) is 35.9 Å². The first-order valence-corrected chi connectivity index (χ1v) is 12.7. The molecule has 0 unspecified atom stereocenters. The standard InChI is InChI=1S/C27H41ClO2/c1-3-5-6-10-13-20-29-24-16-17-26-23(22-24)15-18-27(25(26)4-2)30-21-14-11-8-7-9-12-19-28/h15-18,22H,3-14,19-21H2,1-2H3. The van der Waals surface area contributed by atoms with Crippen LogP contribution < -0.4 is 9.47 Å². The van der Waals surface area contributed by atoms with Gasteiger partial charge in [-0.2, -0.15) is 0 Å². The second-order valence-corrected chi connectivity index (χ2v) is 8.58. The predicted molar refractivity (Wildman–Crippen MR) is 131 cm³/mol. The first kappa shape index (κ1) is 24.9. The SMILES string of the molecule is CCCCCCCOc1ccc2c(CC)c(OCCCCCCCCCl)ccc2c1. The third-order valence-electron chi connectivity index (χ3n) is 5.72. The fourth-order valence-electron chi connectivity index (χ4n) is 3.92. The summed E-state index contributed by atoms with van der Waals surface area (Å²) in [6.07, 6.45) is 14.6. The van der Waals surface area contributed by atoms with Crippen LogP contribution in [0.4, 0.5) is 0 Å². The molecule has 0 spiro atoms. The van der Waals surface area contributed by atoms with Crippen LogP contribution in [0.25, 0.3) is 10.8 Å². The summed E-state index contributed by atoms with van der Waals surface area (Å²) in [5.41, 5.74) is 1.31. The predicted octanol–water partition coefficient (Wildman–Crippen LogP) is 8.71. The number of unbranched alkanes of at least 4 members (excludes halogenated alkanes) is 9. The zero-order valence-corrected chi connectivity index (χ0v) is 19.9. The van der Waals surface area contributed by atoms with E-state index in [0.717, 1.165) is 56.3 Å². The molecule has 0 aliphatic carbocycles. The molecule has 0 amide bonds. The van der Waals surface area contributed by atoms with Crippen LogP contribution in [-0.4, -0.2) is 19.1 Å². The molecule has 0 aliphatic heterocycles. The van der Waals surface area contributed by atoms with Gasteiger partial charge in [0.25, 0.3) is 0 Å². The maximum Gasteiger partial charge on any atom is 0.123 e. The number of rotatable bonds is 17. The van der Waals surface area contributed by atoms with Crippen LogP contribution in [-0.2, 0) is 6.42 Å². The molecule has 0 saturated carbocycles. The Morgan fingerprint density at radius 2 is 1.37 bits per heavy atom. The number of benzene rings is 2. The van der Waals surface area contributed by atoms with Crippen molar-refractivity contribution in [1.82, 2.24) is 0 Å². The highest BCUT2D eigenvalue weighted by Gasteiger charge is 2.08. The summed E-state index contributed by atoms with van der Waals surface area (Å²) in [5.74, 6) is 2.80. The van der Waals surface area contributed by atoms with Gasteiger partial charge in [-0.15, -0.1) is 11.6 Å². The van der Waals surface area contributed by atoms with Crippen LogP contribution >= 0.6 is 11.6 Å². The lowest BCUT2D eigenvalue weighted by atomic mass is 10.0. The van der Waals surface area contributed by atoms with Crippen molar-refractivity contribution in [3.63, 3.8) is 0 Å². The van der Waals surface area contributed by atoms with E-state index in [9.17, 15) is 0 Å². The molecule has 0 heterocycles. The number of hydrogen-bond donors (Lipinski definition) is 0. The Hall–Kier alpha value is -1.41. The zero-order valence-electron chi connectivity index (χ0n) is 19.2. The molecule has 0 saturated heterocycles. The van der Waals surface area contributed by atoms with Crippen molar-refractivity contribution in [2.24, 2.45) is 0 Å². The minimum atomic E-state index is 0.789. The molecule has 0 atom stereocenters. The number of hydrogen-bond acceptors (Lipinski definition) is 2. The molecule has 2 rings (SSSR count). The average Bonchev–Trinajstić information content (AvgIpc) is 2.77. The van der Waals surface area contributed by atoms with Gasteiger partial charge in [0.1, 0.15) is 11.5 Å². The third-order valence-corrected chi connectivity index (χ3v) is 5.98. The highest BCUT2D eigenvalue weighted by atomic mass is 35.5. The number of alkyl halides is 1. The minimum Gasteiger partial charge on any atom is -0.494 e. The van der Waals surface area contributed by atoms with Crippen LogP contribution in [0, 0.1) is 0 Å². The highest BCUT2D eigenvalue weighted by Crippen LogP contribution is 2.31. The Balaban J connectivity index is 1.83. The molecule has 2 aromatic carbocycles. The van der Waals surface area contributed by atoms with Gasteiger partial charge < -0.3 is 9.47 Å². The van der Waals surface area contributed by atoms with Crippen molar-refractivity contribution in [2.75, 3.05) is 19.1 Å². The zero-order chi connectivity index (χ0) is 21.4. The van der Waals surface area contributed by atoms with E-state index in [1.54, 1.807) is 0 Å². The molecular weight excluding hydrogens is 392 g/mol. The van der Waals surface area contributed by atoms with Gasteiger partial charge in [0.2, 0.25) is 0 Å². The molecule has 30 heavy (non-hydrogen) atoms. The first-order valence-electron chi connectivity index (χ1n) is 12.2. The number of fused-ring (bicyclic) bond motifs is 1.